The van der Waals surface area contributed by atoms with Crippen LogP contribution in [0.5, 0.6) is 0 Å². The third-order valence-corrected chi connectivity index (χ3v) is 3.44. The first-order chi connectivity index (χ1) is 9.17. The molecule has 0 fully saturated rings. The molecular formula is C16H26N2S. The van der Waals surface area contributed by atoms with Gasteiger partial charge in [0.05, 0.1) is 6.04 Å². The van der Waals surface area contributed by atoms with Crippen molar-refractivity contribution in [2.24, 2.45) is 0 Å². The summed E-state index contributed by atoms with van der Waals surface area (Å²) in [6.45, 7) is 7.48. The zero-order chi connectivity index (χ0) is 14.1. The van der Waals surface area contributed by atoms with E-state index in [1.807, 2.05) is 0 Å². The fraction of sp³-hybridized carbons (Fsp3) is 0.562. The minimum Gasteiger partial charge on any atom is -0.363 e. The number of nitrogens with one attached hydrogen (secondary N) is 2. The highest BCUT2D eigenvalue weighted by Gasteiger charge is 2.06. The summed E-state index contributed by atoms with van der Waals surface area (Å²) in [5, 5.41) is 7.31. The topological polar surface area (TPSA) is 24.1 Å². The summed E-state index contributed by atoms with van der Waals surface area (Å²) in [6, 6.07) is 9.06. The monoisotopic (exact) mass is 278 g/mol. The Morgan fingerprint density at radius 1 is 1.16 bits per heavy atom. The third-order valence-electron chi connectivity index (χ3n) is 3.18. The second-order valence-electron chi connectivity index (χ2n) is 4.97. The van der Waals surface area contributed by atoms with Crippen molar-refractivity contribution >= 4 is 17.3 Å². The van der Waals surface area contributed by atoms with E-state index in [4.69, 9.17) is 12.2 Å². The van der Waals surface area contributed by atoms with E-state index in [2.05, 4.69) is 55.7 Å². The van der Waals surface area contributed by atoms with E-state index in [0.29, 0.717) is 0 Å². The van der Waals surface area contributed by atoms with Gasteiger partial charge in [0, 0.05) is 6.54 Å². The molecule has 1 aromatic carbocycles. The van der Waals surface area contributed by atoms with Crippen LogP contribution < -0.4 is 10.6 Å². The summed E-state index contributed by atoms with van der Waals surface area (Å²) in [4.78, 5) is 0. The number of benzene rings is 1. The average Bonchev–Trinajstić information content (AvgIpc) is 2.40. The predicted molar refractivity (Wildman–Crippen MR) is 87.5 cm³/mol. The number of hydrogen-bond acceptors (Lipinski definition) is 1. The fourth-order valence-corrected chi connectivity index (χ4v) is 2.25. The fourth-order valence-electron chi connectivity index (χ4n) is 1.97. The first kappa shape index (κ1) is 16.0. The van der Waals surface area contributed by atoms with Crippen LogP contribution in [0.2, 0.25) is 0 Å². The van der Waals surface area contributed by atoms with E-state index in [-0.39, 0.29) is 6.04 Å². The van der Waals surface area contributed by atoms with Crippen molar-refractivity contribution in [2.45, 2.75) is 52.5 Å². The van der Waals surface area contributed by atoms with Crippen molar-refractivity contribution in [1.29, 1.82) is 0 Å². The molecule has 0 saturated carbocycles. The molecule has 0 aromatic heterocycles. The van der Waals surface area contributed by atoms with Gasteiger partial charge in [0.1, 0.15) is 0 Å². The molecule has 1 atom stereocenters. The summed E-state index contributed by atoms with van der Waals surface area (Å²) < 4.78 is 0. The SMILES string of the molecule is CCCCNC(=S)NC(C)c1ccc(CCC)cc1. The number of rotatable bonds is 7. The van der Waals surface area contributed by atoms with E-state index < -0.39 is 0 Å². The second kappa shape index (κ2) is 8.92. The van der Waals surface area contributed by atoms with Gasteiger partial charge in [0.2, 0.25) is 0 Å². The third kappa shape index (κ3) is 6.06. The van der Waals surface area contributed by atoms with Gasteiger partial charge in [-0.3, -0.25) is 0 Å². The van der Waals surface area contributed by atoms with Crippen molar-refractivity contribution in [2.75, 3.05) is 6.54 Å². The van der Waals surface area contributed by atoms with Crippen LogP contribution in [0.1, 0.15) is 57.2 Å². The van der Waals surface area contributed by atoms with Gasteiger partial charge in [-0.2, -0.15) is 0 Å². The lowest BCUT2D eigenvalue weighted by Gasteiger charge is -2.17. The van der Waals surface area contributed by atoms with E-state index in [9.17, 15) is 0 Å². The Labute approximate surface area is 123 Å². The molecule has 19 heavy (non-hydrogen) atoms. The molecule has 0 aliphatic rings. The summed E-state index contributed by atoms with van der Waals surface area (Å²) in [7, 11) is 0. The second-order valence-corrected chi connectivity index (χ2v) is 5.38. The van der Waals surface area contributed by atoms with Gasteiger partial charge in [-0.1, -0.05) is 51.0 Å². The molecule has 106 valence electrons. The molecule has 1 rings (SSSR count). The Morgan fingerprint density at radius 2 is 1.84 bits per heavy atom. The van der Waals surface area contributed by atoms with E-state index >= 15 is 0 Å². The lowest BCUT2D eigenvalue weighted by Crippen LogP contribution is -2.37. The van der Waals surface area contributed by atoms with Gasteiger partial charge in [0.15, 0.2) is 5.11 Å². The van der Waals surface area contributed by atoms with Gasteiger partial charge < -0.3 is 10.6 Å². The Balaban J connectivity index is 2.43. The zero-order valence-corrected chi connectivity index (χ0v) is 13.1. The minimum absolute atomic E-state index is 0.248. The van der Waals surface area contributed by atoms with Crippen LogP contribution in [0.25, 0.3) is 0 Å². The summed E-state index contributed by atoms with van der Waals surface area (Å²) in [5.41, 5.74) is 2.68. The number of hydrogen-bond donors (Lipinski definition) is 2. The molecule has 1 unspecified atom stereocenters. The first-order valence-corrected chi connectivity index (χ1v) is 7.71. The van der Waals surface area contributed by atoms with Gasteiger partial charge >= 0.3 is 0 Å². The van der Waals surface area contributed by atoms with Crippen LogP contribution in [0.4, 0.5) is 0 Å². The lowest BCUT2D eigenvalue weighted by molar-refractivity contribution is 0.682. The largest absolute Gasteiger partial charge is 0.363 e. The van der Waals surface area contributed by atoms with Crippen molar-refractivity contribution in [3.8, 4) is 0 Å². The molecule has 2 N–H and O–H groups in total. The van der Waals surface area contributed by atoms with Crippen LogP contribution >= 0.6 is 12.2 Å². The molecule has 0 spiro atoms. The standard InChI is InChI=1S/C16H26N2S/c1-4-6-12-17-16(19)18-13(3)15-10-8-14(7-5-2)9-11-15/h8-11,13H,4-7,12H2,1-3H3,(H2,17,18,19). The highest BCUT2D eigenvalue weighted by atomic mass is 32.1. The maximum atomic E-state index is 5.29. The number of thiocarbonyl (C=S) groups is 1. The van der Waals surface area contributed by atoms with Crippen molar-refractivity contribution in [1.82, 2.24) is 10.6 Å². The smallest absolute Gasteiger partial charge is 0.166 e. The van der Waals surface area contributed by atoms with Crippen LogP contribution in [0.15, 0.2) is 24.3 Å². The van der Waals surface area contributed by atoms with Crippen molar-refractivity contribution in [3.05, 3.63) is 35.4 Å². The Kier molecular flexibility index (Phi) is 7.49. The summed E-state index contributed by atoms with van der Waals surface area (Å²) >= 11 is 5.29. The van der Waals surface area contributed by atoms with Gasteiger partial charge in [-0.05, 0) is 43.1 Å². The highest BCUT2D eigenvalue weighted by molar-refractivity contribution is 7.80. The summed E-state index contributed by atoms with van der Waals surface area (Å²) in [6.07, 6.45) is 4.68. The van der Waals surface area contributed by atoms with Crippen LogP contribution in [0, 0.1) is 0 Å². The highest BCUT2D eigenvalue weighted by Crippen LogP contribution is 2.14. The van der Waals surface area contributed by atoms with Crippen LogP contribution in [-0.4, -0.2) is 11.7 Å². The molecule has 0 aliphatic heterocycles. The average molecular weight is 278 g/mol. The predicted octanol–water partition coefficient (Wildman–Crippen LogP) is 3.96. The molecule has 0 amide bonds. The van der Waals surface area contributed by atoms with E-state index in [1.165, 1.54) is 24.0 Å². The van der Waals surface area contributed by atoms with Crippen LogP contribution in [-0.2, 0) is 6.42 Å². The molecular weight excluding hydrogens is 252 g/mol. The minimum atomic E-state index is 0.248. The number of aryl methyl sites for hydroxylation is 1. The van der Waals surface area contributed by atoms with E-state index in [1.54, 1.807) is 0 Å². The van der Waals surface area contributed by atoms with Crippen LogP contribution in [0.3, 0.4) is 0 Å². The maximum Gasteiger partial charge on any atom is 0.166 e. The molecule has 3 heteroatoms. The zero-order valence-electron chi connectivity index (χ0n) is 12.3. The maximum absolute atomic E-state index is 5.29. The Bertz CT molecular complexity index is 373. The molecule has 0 bridgehead atoms. The molecule has 0 radical (unpaired) electrons. The molecule has 1 aromatic rings. The quantitative estimate of drug-likeness (QED) is 0.583. The van der Waals surface area contributed by atoms with Gasteiger partial charge in [-0.25, -0.2) is 0 Å². The van der Waals surface area contributed by atoms with Crippen molar-refractivity contribution < 1.29 is 0 Å². The molecule has 0 saturated heterocycles. The van der Waals surface area contributed by atoms with Gasteiger partial charge in [0.25, 0.3) is 0 Å². The molecule has 0 aliphatic carbocycles. The van der Waals surface area contributed by atoms with Gasteiger partial charge in [-0.15, -0.1) is 0 Å². The lowest BCUT2D eigenvalue weighted by atomic mass is 10.0. The Hall–Kier alpha value is -1.09. The first-order valence-electron chi connectivity index (χ1n) is 7.30. The molecule has 2 nitrogen and oxygen atoms in total. The van der Waals surface area contributed by atoms with E-state index in [0.717, 1.165) is 24.5 Å². The number of unbranched alkanes of at least 4 members (excludes halogenated alkanes) is 1. The normalized spacial score (nSPS) is 11.9. The summed E-state index contributed by atoms with van der Waals surface area (Å²) in [5.74, 6) is 0. The molecule has 0 heterocycles. The van der Waals surface area contributed by atoms with Crippen molar-refractivity contribution in [3.63, 3.8) is 0 Å². The Morgan fingerprint density at radius 3 is 2.42 bits per heavy atom.